The fourth-order valence-electron chi connectivity index (χ4n) is 2.12. The Morgan fingerprint density at radius 2 is 2.14 bits per heavy atom. The van der Waals surface area contributed by atoms with Crippen molar-refractivity contribution in [3.05, 3.63) is 23.5 Å². The van der Waals surface area contributed by atoms with Gasteiger partial charge in [-0.2, -0.15) is 0 Å². The molecule has 2 aromatic rings. The van der Waals surface area contributed by atoms with Gasteiger partial charge in [-0.3, -0.25) is 9.59 Å². The lowest BCUT2D eigenvalue weighted by molar-refractivity contribution is -0.112. The highest BCUT2D eigenvalue weighted by Crippen LogP contribution is 2.39. The van der Waals surface area contributed by atoms with Gasteiger partial charge in [0, 0.05) is 0 Å². The van der Waals surface area contributed by atoms with Crippen molar-refractivity contribution in [2.24, 2.45) is 0 Å². The molecule has 1 aliphatic carbocycles. The first-order chi connectivity index (χ1) is 10.1. The molecule has 9 heteroatoms. The number of tetrazole rings is 1. The molecular formula is C12H8FN5O2S. The van der Waals surface area contributed by atoms with Crippen molar-refractivity contribution >= 4 is 29.1 Å². The van der Waals surface area contributed by atoms with Gasteiger partial charge in [-0.1, -0.05) is 0 Å². The Hall–Kier alpha value is -2.29. The normalized spacial score (nSPS) is 17.0. The van der Waals surface area contributed by atoms with Crippen LogP contribution in [0.3, 0.4) is 0 Å². The minimum absolute atomic E-state index is 0.0589. The highest BCUT2D eigenvalue weighted by Gasteiger charge is 2.31. The summed E-state index contributed by atoms with van der Waals surface area (Å²) < 4.78 is 15.8. The highest BCUT2D eigenvalue weighted by atomic mass is 32.2. The molecule has 0 saturated heterocycles. The van der Waals surface area contributed by atoms with Gasteiger partial charge in [0.05, 0.1) is 22.2 Å². The zero-order valence-electron chi connectivity index (χ0n) is 10.5. The molecule has 1 aromatic carbocycles. The molecule has 0 bridgehead atoms. The maximum Gasteiger partial charge on any atom is 0.296 e. The topological polar surface area (TPSA) is 89.8 Å². The summed E-state index contributed by atoms with van der Waals surface area (Å²) in [5, 5.41) is 14.3. The van der Waals surface area contributed by atoms with E-state index in [1.54, 1.807) is 4.68 Å². The number of hydrogen-bond acceptors (Lipinski definition) is 6. The first kappa shape index (κ1) is 12.5. The highest BCUT2D eigenvalue weighted by molar-refractivity contribution is 7.99. The lowest BCUT2D eigenvalue weighted by atomic mass is 10.1. The summed E-state index contributed by atoms with van der Waals surface area (Å²) in [6, 6.07) is 2.79. The van der Waals surface area contributed by atoms with Gasteiger partial charge < -0.3 is 5.32 Å². The number of rotatable bonds is 3. The zero-order valence-corrected chi connectivity index (χ0v) is 11.4. The maximum atomic E-state index is 14.1. The first-order valence-corrected chi connectivity index (χ1v) is 7.10. The molecule has 2 aliphatic rings. The number of halogens is 1. The zero-order chi connectivity index (χ0) is 14.6. The van der Waals surface area contributed by atoms with E-state index in [1.165, 1.54) is 6.07 Å². The molecule has 7 nitrogen and oxygen atoms in total. The third-order valence-electron chi connectivity index (χ3n) is 3.33. The van der Waals surface area contributed by atoms with Gasteiger partial charge in [0.2, 0.25) is 5.16 Å². The summed E-state index contributed by atoms with van der Waals surface area (Å²) in [6.45, 7) is 0. The number of amides is 1. The molecule has 1 aliphatic heterocycles. The van der Waals surface area contributed by atoms with Crippen molar-refractivity contribution in [3.63, 3.8) is 0 Å². The van der Waals surface area contributed by atoms with Crippen molar-refractivity contribution in [3.8, 4) is 0 Å². The summed E-state index contributed by atoms with van der Waals surface area (Å²) in [4.78, 5) is 23.1. The lowest BCUT2D eigenvalue weighted by Crippen LogP contribution is -2.12. The number of nitrogens with one attached hydrogen (secondary N) is 1. The summed E-state index contributed by atoms with van der Waals surface area (Å²) in [6.07, 6.45) is 2.02. The van der Waals surface area contributed by atoms with Gasteiger partial charge in [0.25, 0.3) is 11.7 Å². The molecule has 0 radical (unpaired) electrons. The third-order valence-corrected chi connectivity index (χ3v) is 4.31. The van der Waals surface area contributed by atoms with Crippen molar-refractivity contribution in [1.82, 2.24) is 20.2 Å². The van der Waals surface area contributed by atoms with Gasteiger partial charge in [-0.25, -0.2) is 9.07 Å². The van der Waals surface area contributed by atoms with Crippen LogP contribution in [0.25, 0.3) is 0 Å². The molecule has 1 aromatic heterocycles. The molecular weight excluding hydrogens is 297 g/mol. The van der Waals surface area contributed by atoms with E-state index in [4.69, 9.17) is 0 Å². The Kier molecular flexibility index (Phi) is 2.58. The van der Waals surface area contributed by atoms with Crippen molar-refractivity contribution in [2.45, 2.75) is 28.9 Å². The summed E-state index contributed by atoms with van der Waals surface area (Å²) in [5.41, 5.74) is 0.378. The number of Topliss-reactive ketones (excluding diaryl/α,β-unsaturated/α-hetero) is 1. The summed E-state index contributed by atoms with van der Waals surface area (Å²) >= 11 is 1.07. The quantitative estimate of drug-likeness (QED) is 0.863. The predicted molar refractivity (Wildman–Crippen MR) is 69.6 cm³/mol. The smallest absolute Gasteiger partial charge is 0.296 e. The van der Waals surface area contributed by atoms with Gasteiger partial charge in [-0.05, 0) is 47.2 Å². The maximum absolute atomic E-state index is 14.1. The molecule has 1 fully saturated rings. The summed E-state index contributed by atoms with van der Waals surface area (Å²) in [7, 11) is 0. The summed E-state index contributed by atoms with van der Waals surface area (Å²) in [5.74, 6) is -2.04. The third kappa shape index (κ3) is 2.00. The van der Waals surface area contributed by atoms with Crippen LogP contribution in [0.2, 0.25) is 0 Å². The van der Waals surface area contributed by atoms with Gasteiger partial charge in [0.15, 0.2) is 0 Å². The molecule has 0 unspecified atom stereocenters. The number of ketones is 1. The number of anilines is 1. The molecule has 0 atom stereocenters. The molecule has 1 amide bonds. The van der Waals surface area contributed by atoms with E-state index >= 15 is 0 Å². The van der Waals surface area contributed by atoms with Crippen LogP contribution >= 0.6 is 11.8 Å². The van der Waals surface area contributed by atoms with Crippen LogP contribution in [-0.4, -0.2) is 31.9 Å². The Balaban J connectivity index is 1.70. The largest absolute Gasteiger partial charge is 0.318 e. The monoisotopic (exact) mass is 305 g/mol. The van der Waals surface area contributed by atoms with Crippen molar-refractivity contribution in [2.75, 3.05) is 5.32 Å². The molecule has 106 valence electrons. The molecule has 0 spiro atoms. The van der Waals surface area contributed by atoms with Crippen LogP contribution in [-0.2, 0) is 4.79 Å². The van der Waals surface area contributed by atoms with Crippen LogP contribution in [0.4, 0.5) is 10.1 Å². The molecule has 1 saturated carbocycles. The first-order valence-electron chi connectivity index (χ1n) is 6.28. The van der Waals surface area contributed by atoms with E-state index in [-0.39, 0.29) is 16.5 Å². The van der Waals surface area contributed by atoms with E-state index in [1.807, 2.05) is 0 Å². The molecule has 21 heavy (non-hydrogen) atoms. The predicted octanol–water partition coefficient (Wildman–Crippen LogP) is 1.43. The SMILES string of the molecule is O=C1Nc2cc(Sc3nnnn3C3CC3)c(F)cc2C1=O. The number of aromatic nitrogens is 4. The molecule has 2 heterocycles. The standard InChI is InChI=1S/C12H8FN5O2S/c13-7-3-6-8(14-11(20)10(6)19)4-9(7)21-12-15-16-17-18(12)5-1-2-5/h3-5H,1-2H2,(H,14,19,20). The fourth-order valence-corrected chi connectivity index (χ4v) is 3.01. The number of nitrogens with zero attached hydrogens (tertiary/aromatic N) is 4. The minimum Gasteiger partial charge on any atom is -0.318 e. The second-order valence-electron chi connectivity index (χ2n) is 4.85. The van der Waals surface area contributed by atoms with Crippen LogP contribution in [0.5, 0.6) is 0 Å². The Labute approximate surface area is 121 Å². The molecule has 1 N–H and O–H groups in total. The van der Waals surface area contributed by atoms with Gasteiger partial charge in [-0.15, -0.1) is 5.10 Å². The second kappa shape index (κ2) is 4.35. The number of fused-ring (bicyclic) bond motifs is 1. The lowest BCUT2D eigenvalue weighted by Gasteiger charge is -2.05. The Morgan fingerprint density at radius 1 is 1.33 bits per heavy atom. The van der Waals surface area contributed by atoms with Crippen molar-refractivity contribution in [1.29, 1.82) is 0 Å². The van der Waals surface area contributed by atoms with E-state index < -0.39 is 17.5 Å². The van der Waals surface area contributed by atoms with E-state index in [0.29, 0.717) is 10.8 Å². The number of carbonyl (C=O) groups is 2. The van der Waals surface area contributed by atoms with Crippen molar-refractivity contribution < 1.29 is 14.0 Å². The fraction of sp³-hybridized carbons (Fsp3) is 0.250. The van der Waals surface area contributed by atoms with Gasteiger partial charge in [0.1, 0.15) is 5.82 Å². The second-order valence-corrected chi connectivity index (χ2v) is 5.86. The van der Waals surface area contributed by atoms with Crippen LogP contribution in [0, 0.1) is 5.82 Å². The van der Waals surface area contributed by atoms with Crippen LogP contribution in [0.15, 0.2) is 22.2 Å². The van der Waals surface area contributed by atoms with Crippen LogP contribution in [0.1, 0.15) is 29.2 Å². The Morgan fingerprint density at radius 3 is 2.90 bits per heavy atom. The number of hydrogen-bond donors (Lipinski definition) is 1. The van der Waals surface area contributed by atoms with E-state index in [0.717, 1.165) is 30.7 Å². The average molecular weight is 305 g/mol. The number of carbonyl (C=O) groups excluding carboxylic acids is 2. The van der Waals surface area contributed by atoms with Crippen LogP contribution < -0.4 is 5.32 Å². The average Bonchev–Trinajstić information content (AvgIpc) is 3.14. The molecule has 4 rings (SSSR count). The minimum atomic E-state index is -0.741. The number of benzene rings is 1. The Bertz CT molecular complexity index is 786. The van der Waals surface area contributed by atoms with Gasteiger partial charge >= 0.3 is 0 Å². The van der Waals surface area contributed by atoms with E-state index in [2.05, 4.69) is 20.8 Å². The van der Waals surface area contributed by atoms with E-state index in [9.17, 15) is 14.0 Å².